The summed E-state index contributed by atoms with van der Waals surface area (Å²) in [5, 5.41) is 11.3. The standard InChI is InChI=1S/C9H12N4/c1-10-6-5-9-12-11-8-4-2-3-7-13(8)9/h2-4,7,10H,5-6H2,1H3. The van der Waals surface area contributed by atoms with Gasteiger partial charge in [0.25, 0.3) is 0 Å². The molecule has 0 aliphatic carbocycles. The van der Waals surface area contributed by atoms with Gasteiger partial charge in [0.2, 0.25) is 0 Å². The molecule has 0 amide bonds. The minimum Gasteiger partial charge on any atom is -0.319 e. The van der Waals surface area contributed by atoms with Crippen LogP contribution in [0.3, 0.4) is 0 Å². The van der Waals surface area contributed by atoms with Crippen molar-refractivity contribution in [2.45, 2.75) is 6.42 Å². The van der Waals surface area contributed by atoms with Gasteiger partial charge in [0.1, 0.15) is 5.82 Å². The maximum atomic E-state index is 4.11. The second-order valence-electron chi connectivity index (χ2n) is 2.90. The van der Waals surface area contributed by atoms with Gasteiger partial charge < -0.3 is 5.32 Å². The molecule has 2 heterocycles. The van der Waals surface area contributed by atoms with Crippen molar-refractivity contribution in [1.29, 1.82) is 0 Å². The lowest BCUT2D eigenvalue weighted by atomic mass is 10.4. The zero-order chi connectivity index (χ0) is 9.10. The molecule has 0 unspecified atom stereocenters. The summed E-state index contributed by atoms with van der Waals surface area (Å²) in [6.45, 7) is 0.926. The van der Waals surface area contributed by atoms with E-state index < -0.39 is 0 Å². The zero-order valence-electron chi connectivity index (χ0n) is 7.57. The van der Waals surface area contributed by atoms with Crippen molar-refractivity contribution in [3.05, 3.63) is 30.2 Å². The fourth-order valence-electron chi connectivity index (χ4n) is 1.30. The molecule has 0 aromatic carbocycles. The number of hydrogen-bond donors (Lipinski definition) is 1. The molecule has 2 rings (SSSR count). The monoisotopic (exact) mass is 176 g/mol. The van der Waals surface area contributed by atoms with E-state index in [1.165, 1.54) is 0 Å². The van der Waals surface area contributed by atoms with E-state index in [1.807, 2.05) is 35.8 Å². The lowest BCUT2D eigenvalue weighted by Crippen LogP contribution is -2.12. The molecule has 0 aliphatic rings. The van der Waals surface area contributed by atoms with E-state index in [0.717, 1.165) is 24.4 Å². The molecule has 13 heavy (non-hydrogen) atoms. The molecule has 0 saturated carbocycles. The Morgan fingerprint density at radius 1 is 1.38 bits per heavy atom. The minimum atomic E-state index is 0.904. The molecule has 2 aromatic rings. The van der Waals surface area contributed by atoms with Crippen LogP contribution in [0.15, 0.2) is 24.4 Å². The zero-order valence-corrected chi connectivity index (χ0v) is 7.57. The molecular weight excluding hydrogens is 164 g/mol. The highest BCUT2D eigenvalue weighted by atomic mass is 15.2. The smallest absolute Gasteiger partial charge is 0.160 e. The highest BCUT2D eigenvalue weighted by Gasteiger charge is 2.02. The molecule has 0 spiro atoms. The van der Waals surface area contributed by atoms with Crippen LogP contribution >= 0.6 is 0 Å². The van der Waals surface area contributed by atoms with E-state index in [4.69, 9.17) is 0 Å². The Bertz CT molecular complexity index is 393. The molecule has 1 N–H and O–H groups in total. The summed E-state index contributed by atoms with van der Waals surface area (Å²) < 4.78 is 2.01. The highest BCUT2D eigenvalue weighted by Crippen LogP contribution is 2.02. The first kappa shape index (κ1) is 8.19. The summed E-state index contributed by atoms with van der Waals surface area (Å²) in [6, 6.07) is 5.90. The predicted molar refractivity (Wildman–Crippen MR) is 50.6 cm³/mol. The number of hydrogen-bond acceptors (Lipinski definition) is 3. The molecule has 2 aromatic heterocycles. The third-order valence-electron chi connectivity index (χ3n) is 1.98. The molecule has 0 aliphatic heterocycles. The minimum absolute atomic E-state index is 0.904. The molecule has 0 saturated heterocycles. The quantitative estimate of drug-likeness (QED) is 0.740. The summed E-state index contributed by atoms with van der Waals surface area (Å²) in [4.78, 5) is 0. The third-order valence-corrected chi connectivity index (χ3v) is 1.98. The maximum absolute atomic E-state index is 4.11. The maximum Gasteiger partial charge on any atom is 0.160 e. The van der Waals surface area contributed by atoms with Crippen molar-refractivity contribution < 1.29 is 0 Å². The lowest BCUT2D eigenvalue weighted by molar-refractivity contribution is 0.747. The van der Waals surface area contributed by atoms with Gasteiger partial charge in [-0.2, -0.15) is 0 Å². The van der Waals surface area contributed by atoms with Crippen molar-refractivity contribution in [3.8, 4) is 0 Å². The van der Waals surface area contributed by atoms with Crippen LogP contribution in [0.5, 0.6) is 0 Å². The third kappa shape index (κ3) is 1.53. The van der Waals surface area contributed by atoms with E-state index in [-0.39, 0.29) is 0 Å². The van der Waals surface area contributed by atoms with Crippen LogP contribution in [-0.4, -0.2) is 28.2 Å². The topological polar surface area (TPSA) is 42.2 Å². The van der Waals surface area contributed by atoms with E-state index >= 15 is 0 Å². The average molecular weight is 176 g/mol. The Morgan fingerprint density at radius 3 is 3.15 bits per heavy atom. The van der Waals surface area contributed by atoms with Gasteiger partial charge in [0.15, 0.2) is 5.65 Å². The van der Waals surface area contributed by atoms with Crippen LogP contribution in [0.4, 0.5) is 0 Å². The van der Waals surface area contributed by atoms with Crippen molar-refractivity contribution in [2.24, 2.45) is 0 Å². The normalized spacial score (nSPS) is 10.8. The number of aromatic nitrogens is 3. The Kier molecular flexibility index (Phi) is 2.23. The summed E-state index contributed by atoms with van der Waals surface area (Å²) in [5.74, 6) is 1.00. The molecule has 4 heteroatoms. The highest BCUT2D eigenvalue weighted by molar-refractivity contribution is 5.36. The number of nitrogens with zero attached hydrogens (tertiary/aromatic N) is 3. The van der Waals surface area contributed by atoms with Crippen LogP contribution in [0, 0.1) is 0 Å². The first-order valence-electron chi connectivity index (χ1n) is 4.35. The molecule has 68 valence electrons. The number of likely N-dealkylation sites (N-methyl/N-ethyl adjacent to an activating group) is 1. The lowest BCUT2D eigenvalue weighted by Gasteiger charge is -1.97. The summed E-state index contributed by atoms with van der Waals surface area (Å²) in [7, 11) is 1.93. The fraction of sp³-hybridized carbons (Fsp3) is 0.333. The molecule has 4 nitrogen and oxygen atoms in total. The second-order valence-corrected chi connectivity index (χ2v) is 2.90. The summed E-state index contributed by atoms with van der Waals surface area (Å²) >= 11 is 0. The Balaban J connectivity index is 2.35. The van der Waals surface area contributed by atoms with Crippen molar-refractivity contribution in [3.63, 3.8) is 0 Å². The van der Waals surface area contributed by atoms with Gasteiger partial charge in [-0.15, -0.1) is 10.2 Å². The van der Waals surface area contributed by atoms with E-state index in [0.29, 0.717) is 0 Å². The first-order chi connectivity index (χ1) is 6.42. The van der Waals surface area contributed by atoms with Gasteiger partial charge in [-0.25, -0.2) is 0 Å². The van der Waals surface area contributed by atoms with Gasteiger partial charge in [-0.05, 0) is 19.2 Å². The van der Waals surface area contributed by atoms with Crippen LogP contribution in [0.25, 0.3) is 5.65 Å². The Morgan fingerprint density at radius 2 is 2.31 bits per heavy atom. The van der Waals surface area contributed by atoms with Crippen LogP contribution < -0.4 is 5.32 Å². The van der Waals surface area contributed by atoms with Gasteiger partial charge in [0, 0.05) is 19.2 Å². The van der Waals surface area contributed by atoms with Crippen LogP contribution in [-0.2, 0) is 6.42 Å². The molecule has 0 radical (unpaired) electrons. The van der Waals surface area contributed by atoms with E-state index in [1.54, 1.807) is 0 Å². The van der Waals surface area contributed by atoms with E-state index in [2.05, 4.69) is 15.5 Å². The van der Waals surface area contributed by atoms with Crippen LogP contribution in [0.2, 0.25) is 0 Å². The van der Waals surface area contributed by atoms with Gasteiger partial charge in [-0.1, -0.05) is 6.07 Å². The molecule has 0 bridgehead atoms. The number of rotatable bonds is 3. The van der Waals surface area contributed by atoms with Crippen molar-refractivity contribution in [1.82, 2.24) is 19.9 Å². The average Bonchev–Trinajstić information content (AvgIpc) is 2.58. The van der Waals surface area contributed by atoms with Crippen molar-refractivity contribution >= 4 is 5.65 Å². The first-order valence-corrected chi connectivity index (χ1v) is 4.35. The summed E-state index contributed by atoms with van der Waals surface area (Å²) in [5.41, 5.74) is 0.911. The molecular formula is C9H12N4. The number of nitrogens with one attached hydrogen (secondary N) is 1. The SMILES string of the molecule is CNCCc1nnc2ccccn12. The van der Waals surface area contributed by atoms with Gasteiger partial charge in [0.05, 0.1) is 0 Å². The van der Waals surface area contributed by atoms with E-state index in [9.17, 15) is 0 Å². The summed E-state index contributed by atoms with van der Waals surface area (Å²) in [6.07, 6.45) is 2.89. The fourth-order valence-corrected chi connectivity index (χ4v) is 1.30. The number of pyridine rings is 1. The van der Waals surface area contributed by atoms with Gasteiger partial charge in [-0.3, -0.25) is 4.40 Å². The largest absolute Gasteiger partial charge is 0.319 e. The molecule has 0 fully saturated rings. The van der Waals surface area contributed by atoms with Crippen molar-refractivity contribution in [2.75, 3.05) is 13.6 Å². The Labute approximate surface area is 76.6 Å². The predicted octanol–water partition coefficient (Wildman–Crippen LogP) is 0.491. The number of fused-ring (bicyclic) bond motifs is 1. The van der Waals surface area contributed by atoms with Crippen LogP contribution in [0.1, 0.15) is 5.82 Å². The van der Waals surface area contributed by atoms with Gasteiger partial charge >= 0.3 is 0 Å². The molecule has 0 atom stereocenters. The Hall–Kier alpha value is -1.42. The second kappa shape index (κ2) is 3.53.